The van der Waals surface area contributed by atoms with E-state index in [-0.39, 0.29) is 11.0 Å². The first-order valence-corrected chi connectivity index (χ1v) is 8.78. The van der Waals surface area contributed by atoms with Gasteiger partial charge in [-0.2, -0.15) is 5.10 Å². The molecule has 0 aromatic carbocycles. The van der Waals surface area contributed by atoms with Crippen LogP contribution in [0.25, 0.3) is 5.52 Å². The maximum absolute atomic E-state index is 6.11. The van der Waals surface area contributed by atoms with E-state index in [0.717, 1.165) is 49.6 Å². The van der Waals surface area contributed by atoms with E-state index in [0.29, 0.717) is 13.2 Å². The zero-order valence-corrected chi connectivity index (χ0v) is 14.8. The topological polar surface area (TPSA) is 51.9 Å². The fourth-order valence-electron chi connectivity index (χ4n) is 3.61. The van der Waals surface area contributed by atoms with Crippen LogP contribution in [0.3, 0.4) is 0 Å². The summed E-state index contributed by atoms with van der Waals surface area (Å²) in [5.41, 5.74) is 1.99. The van der Waals surface area contributed by atoms with Crippen LogP contribution in [0.1, 0.15) is 39.3 Å². The summed E-state index contributed by atoms with van der Waals surface area (Å²) < 4.78 is 13.8. The van der Waals surface area contributed by atoms with E-state index in [4.69, 9.17) is 14.6 Å². The zero-order chi connectivity index (χ0) is 16.8. The lowest BCUT2D eigenvalue weighted by molar-refractivity contribution is -0.133. The second kappa shape index (κ2) is 5.70. The Morgan fingerprint density at radius 3 is 2.88 bits per heavy atom. The molecule has 0 aliphatic carbocycles. The van der Waals surface area contributed by atoms with Gasteiger partial charge in [-0.1, -0.05) is 20.8 Å². The molecule has 2 aliphatic heterocycles. The van der Waals surface area contributed by atoms with Gasteiger partial charge in [0.1, 0.15) is 11.1 Å². The van der Waals surface area contributed by atoms with Crippen LogP contribution in [-0.4, -0.2) is 53.1 Å². The summed E-state index contributed by atoms with van der Waals surface area (Å²) in [7, 11) is 0. The van der Waals surface area contributed by atoms with Gasteiger partial charge in [-0.25, -0.2) is 9.50 Å². The Morgan fingerprint density at radius 2 is 2.12 bits per heavy atom. The number of anilines is 1. The minimum atomic E-state index is -0.183. The molecule has 1 unspecified atom stereocenters. The van der Waals surface area contributed by atoms with E-state index < -0.39 is 0 Å². The van der Waals surface area contributed by atoms with E-state index in [1.807, 2.05) is 16.9 Å². The van der Waals surface area contributed by atoms with Crippen LogP contribution < -0.4 is 4.90 Å². The van der Waals surface area contributed by atoms with Gasteiger partial charge in [0.25, 0.3) is 0 Å². The fraction of sp³-hybridized carbons (Fsp3) is 0.667. The first-order chi connectivity index (χ1) is 11.5. The normalized spacial score (nSPS) is 25.5. The molecule has 2 fully saturated rings. The highest BCUT2D eigenvalue weighted by molar-refractivity contribution is 5.69. The van der Waals surface area contributed by atoms with Crippen LogP contribution in [-0.2, 0) is 14.9 Å². The van der Waals surface area contributed by atoms with Crippen LogP contribution >= 0.6 is 0 Å². The fourth-order valence-corrected chi connectivity index (χ4v) is 3.61. The summed E-state index contributed by atoms with van der Waals surface area (Å²) in [5.74, 6) is 0.994. The first-order valence-electron chi connectivity index (χ1n) is 8.78. The summed E-state index contributed by atoms with van der Waals surface area (Å²) in [6.45, 7) is 10.5. The number of nitrogens with zero attached hydrogens (tertiary/aromatic N) is 4. The highest BCUT2D eigenvalue weighted by atomic mass is 16.5. The second-order valence-electron chi connectivity index (χ2n) is 7.97. The second-order valence-corrected chi connectivity index (χ2v) is 7.97. The van der Waals surface area contributed by atoms with E-state index in [1.165, 1.54) is 0 Å². The Hall–Kier alpha value is -1.66. The lowest BCUT2D eigenvalue weighted by Crippen LogP contribution is -2.56. The summed E-state index contributed by atoms with van der Waals surface area (Å²) in [5, 5.41) is 4.74. The monoisotopic (exact) mass is 330 g/mol. The number of fused-ring (bicyclic) bond motifs is 1. The van der Waals surface area contributed by atoms with Crippen molar-refractivity contribution in [1.29, 1.82) is 0 Å². The van der Waals surface area contributed by atoms with E-state index in [1.54, 1.807) is 0 Å². The highest BCUT2D eigenvalue weighted by Crippen LogP contribution is 2.32. The van der Waals surface area contributed by atoms with Crippen LogP contribution in [0.15, 0.2) is 18.5 Å². The van der Waals surface area contributed by atoms with Crippen molar-refractivity contribution in [3.05, 3.63) is 24.2 Å². The van der Waals surface area contributed by atoms with Crippen molar-refractivity contribution in [1.82, 2.24) is 14.6 Å². The molecule has 0 amide bonds. The minimum absolute atomic E-state index is 0.0206. The molecule has 4 heterocycles. The van der Waals surface area contributed by atoms with Gasteiger partial charge < -0.3 is 14.4 Å². The molecule has 2 aromatic rings. The Kier molecular flexibility index (Phi) is 3.77. The van der Waals surface area contributed by atoms with Crippen LogP contribution in [0.5, 0.6) is 0 Å². The lowest BCUT2D eigenvalue weighted by atomic mass is 9.92. The summed E-state index contributed by atoms with van der Waals surface area (Å²) in [6.07, 6.45) is 5.88. The summed E-state index contributed by atoms with van der Waals surface area (Å²) >= 11 is 0. The third kappa shape index (κ3) is 2.78. The highest BCUT2D eigenvalue weighted by Gasteiger charge is 2.39. The third-order valence-corrected chi connectivity index (χ3v) is 4.97. The number of aromatic nitrogens is 3. The van der Waals surface area contributed by atoms with Crippen molar-refractivity contribution < 1.29 is 9.47 Å². The van der Waals surface area contributed by atoms with Gasteiger partial charge in [0.2, 0.25) is 0 Å². The molecule has 0 saturated carbocycles. The molecule has 0 bridgehead atoms. The quantitative estimate of drug-likeness (QED) is 0.804. The largest absolute Gasteiger partial charge is 0.378 e. The van der Waals surface area contributed by atoms with E-state index in [9.17, 15) is 0 Å². The Balaban J connectivity index is 1.69. The van der Waals surface area contributed by atoms with Gasteiger partial charge in [-0.3, -0.25) is 0 Å². The Labute approximate surface area is 142 Å². The average molecular weight is 330 g/mol. The van der Waals surface area contributed by atoms with Crippen molar-refractivity contribution in [2.24, 2.45) is 0 Å². The Morgan fingerprint density at radius 1 is 1.25 bits per heavy atom. The van der Waals surface area contributed by atoms with Gasteiger partial charge in [-0.05, 0) is 18.9 Å². The standard InChI is InChI=1S/C18H26N4O2/c1-17(2,3)15-11-14-16(19-6-7-22(14)20-15)21-8-10-24-18(12-21)5-4-9-23-13-18/h6-7,11H,4-5,8-10,12-13H2,1-3H3. The van der Waals surface area contributed by atoms with Crippen molar-refractivity contribution in [3.63, 3.8) is 0 Å². The predicted molar refractivity (Wildman–Crippen MR) is 92.6 cm³/mol. The molecule has 6 heteroatoms. The minimum Gasteiger partial charge on any atom is -0.378 e. The molecular formula is C18H26N4O2. The van der Waals surface area contributed by atoms with Gasteiger partial charge in [-0.15, -0.1) is 0 Å². The van der Waals surface area contributed by atoms with Gasteiger partial charge in [0, 0.05) is 31.0 Å². The van der Waals surface area contributed by atoms with Crippen molar-refractivity contribution in [2.75, 3.05) is 37.8 Å². The molecule has 4 rings (SSSR count). The molecule has 2 aliphatic rings. The van der Waals surface area contributed by atoms with Crippen molar-refractivity contribution >= 4 is 11.3 Å². The Bertz CT molecular complexity index is 723. The molecule has 6 nitrogen and oxygen atoms in total. The van der Waals surface area contributed by atoms with E-state index in [2.05, 4.69) is 36.7 Å². The zero-order valence-electron chi connectivity index (χ0n) is 14.8. The maximum Gasteiger partial charge on any atom is 0.154 e. The molecule has 0 N–H and O–H groups in total. The molecule has 0 radical (unpaired) electrons. The number of hydrogen-bond donors (Lipinski definition) is 0. The van der Waals surface area contributed by atoms with E-state index >= 15 is 0 Å². The molecule has 2 saturated heterocycles. The van der Waals surface area contributed by atoms with Crippen LogP contribution in [0.2, 0.25) is 0 Å². The SMILES string of the molecule is CC(C)(C)c1cc2c(N3CCOC4(CCCOC4)C3)nccn2n1. The number of hydrogen-bond acceptors (Lipinski definition) is 5. The number of ether oxygens (including phenoxy) is 2. The van der Waals surface area contributed by atoms with Gasteiger partial charge in [0.05, 0.1) is 25.5 Å². The molecule has 2 aromatic heterocycles. The maximum atomic E-state index is 6.11. The lowest BCUT2D eigenvalue weighted by Gasteiger charge is -2.45. The first kappa shape index (κ1) is 15.8. The van der Waals surface area contributed by atoms with Gasteiger partial charge >= 0.3 is 0 Å². The number of morpholine rings is 1. The number of rotatable bonds is 1. The molecule has 130 valence electrons. The smallest absolute Gasteiger partial charge is 0.154 e. The predicted octanol–water partition coefficient (Wildman–Crippen LogP) is 2.41. The van der Waals surface area contributed by atoms with Crippen molar-refractivity contribution in [3.8, 4) is 0 Å². The summed E-state index contributed by atoms with van der Waals surface area (Å²) in [6, 6.07) is 2.17. The van der Waals surface area contributed by atoms with Crippen LogP contribution in [0, 0.1) is 0 Å². The molecule has 24 heavy (non-hydrogen) atoms. The summed E-state index contributed by atoms with van der Waals surface area (Å²) in [4.78, 5) is 7.01. The molecule has 1 atom stereocenters. The third-order valence-electron chi connectivity index (χ3n) is 4.97. The van der Waals surface area contributed by atoms with Crippen LogP contribution in [0.4, 0.5) is 5.82 Å². The molecular weight excluding hydrogens is 304 g/mol. The molecule has 1 spiro atoms. The average Bonchev–Trinajstić information content (AvgIpc) is 3.00. The van der Waals surface area contributed by atoms with Gasteiger partial charge in [0.15, 0.2) is 5.82 Å². The van der Waals surface area contributed by atoms with Crippen molar-refractivity contribution in [2.45, 2.75) is 44.6 Å².